The van der Waals surface area contributed by atoms with Crippen LogP contribution in [0.4, 0.5) is 11.4 Å². The van der Waals surface area contributed by atoms with E-state index in [1.165, 1.54) is 50.4 Å². The van der Waals surface area contributed by atoms with Crippen LogP contribution in [-0.2, 0) is 15.6 Å². The van der Waals surface area contributed by atoms with Gasteiger partial charge in [-0.2, -0.15) is 4.58 Å². The number of hydrogen-bond acceptors (Lipinski definition) is 3. The summed E-state index contributed by atoms with van der Waals surface area (Å²) in [4.78, 5) is 13.4. The Balaban J connectivity index is 1.37. The Bertz CT molecular complexity index is 2100. The maximum atomic E-state index is 11.3. The third-order valence-corrected chi connectivity index (χ3v) is 11.8. The van der Waals surface area contributed by atoms with Crippen LogP contribution in [-0.4, -0.2) is 42.0 Å². The summed E-state index contributed by atoms with van der Waals surface area (Å²) in [5.74, 6) is 1.01. The smallest absolute Gasteiger partial charge is 0.303 e. The fraction of sp³-hybridized carbons (Fsp3) is 0.429. The van der Waals surface area contributed by atoms with Gasteiger partial charge in [0.15, 0.2) is 5.71 Å². The Morgan fingerprint density at radius 3 is 2.31 bits per heavy atom. The molecule has 5 heteroatoms. The number of rotatable bonds is 13. The second-order valence-corrected chi connectivity index (χ2v) is 17.6. The first-order chi connectivity index (χ1) is 25.6. The molecule has 2 heterocycles. The topological polar surface area (TPSA) is 52.8 Å². The number of benzene rings is 3. The molecule has 0 spiro atoms. The van der Waals surface area contributed by atoms with Crippen LogP contribution >= 0.6 is 0 Å². The van der Waals surface area contributed by atoms with Crippen molar-refractivity contribution in [2.75, 3.05) is 25.5 Å². The van der Waals surface area contributed by atoms with Crippen LogP contribution in [0.25, 0.3) is 16.7 Å². The molecule has 284 valence electrons. The molecule has 0 radical (unpaired) electrons. The first-order valence-electron chi connectivity index (χ1n) is 20.0. The normalized spacial score (nSPS) is 19.2. The summed E-state index contributed by atoms with van der Waals surface area (Å²) in [6, 6.07) is 18.4. The average molecular weight is 726 g/mol. The zero-order chi connectivity index (χ0) is 39.0. The van der Waals surface area contributed by atoms with Crippen molar-refractivity contribution in [3.63, 3.8) is 0 Å². The van der Waals surface area contributed by atoms with E-state index in [9.17, 15) is 9.90 Å². The molecule has 0 bridgehead atoms. The molecule has 6 rings (SSSR count). The van der Waals surface area contributed by atoms with E-state index in [1.807, 2.05) is 0 Å². The molecule has 1 unspecified atom stereocenters. The number of allylic oxidation sites excluding steroid dienone is 7. The lowest BCUT2D eigenvalue weighted by molar-refractivity contribution is -0.438. The number of aliphatic carboxylic acids is 1. The second-order valence-electron chi connectivity index (χ2n) is 17.6. The van der Waals surface area contributed by atoms with Crippen molar-refractivity contribution >= 4 is 28.6 Å². The molecule has 3 aliphatic rings. The Hall–Kier alpha value is -4.64. The van der Waals surface area contributed by atoms with Gasteiger partial charge in [-0.15, -0.1) is 0 Å². The van der Waals surface area contributed by atoms with Gasteiger partial charge in [0, 0.05) is 67.4 Å². The molecule has 1 aliphatic carbocycles. The van der Waals surface area contributed by atoms with Crippen LogP contribution in [0.3, 0.4) is 0 Å². The predicted octanol–water partition coefficient (Wildman–Crippen LogP) is 12.1. The fourth-order valence-corrected chi connectivity index (χ4v) is 8.68. The number of ether oxygens (including phenoxy) is 1. The van der Waals surface area contributed by atoms with Crippen LogP contribution < -0.4 is 9.64 Å². The van der Waals surface area contributed by atoms with Crippen molar-refractivity contribution in [3.05, 3.63) is 119 Å². The Kier molecular flexibility index (Phi) is 11.0. The van der Waals surface area contributed by atoms with Gasteiger partial charge < -0.3 is 14.7 Å². The SMILES string of the molecule is CCCC[N+]1=C(/C=C/C=C/C=C2/C=C(C(C)(C)C)c3ccc(N(C)C)cc3O2)C(C)(CCCCCC(=O)O)c2cc3c(cc21)C(C)(C)c1cc(C)ccc1-3. The van der Waals surface area contributed by atoms with Gasteiger partial charge in [-0.3, -0.25) is 4.79 Å². The highest BCUT2D eigenvalue weighted by Gasteiger charge is 2.49. The molecular weight excluding hydrogens is 665 g/mol. The summed E-state index contributed by atoms with van der Waals surface area (Å²) in [6.07, 6.45) is 19.0. The monoisotopic (exact) mass is 725 g/mol. The van der Waals surface area contributed by atoms with Crippen LogP contribution in [0.15, 0.2) is 90.7 Å². The first-order valence-corrected chi connectivity index (χ1v) is 20.0. The number of carboxylic acids is 1. The minimum Gasteiger partial charge on any atom is -0.481 e. The summed E-state index contributed by atoms with van der Waals surface area (Å²) < 4.78 is 9.05. The van der Waals surface area contributed by atoms with Gasteiger partial charge in [-0.25, -0.2) is 0 Å². The van der Waals surface area contributed by atoms with Crippen molar-refractivity contribution in [3.8, 4) is 16.9 Å². The summed E-state index contributed by atoms with van der Waals surface area (Å²) in [5.41, 5.74) is 14.0. The van der Waals surface area contributed by atoms with E-state index in [0.717, 1.165) is 61.4 Å². The van der Waals surface area contributed by atoms with E-state index >= 15 is 0 Å². The first kappa shape index (κ1) is 39.1. The highest BCUT2D eigenvalue weighted by molar-refractivity contribution is 6.04. The number of anilines is 1. The van der Waals surface area contributed by atoms with Gasteiger partial charge in [-0.05, 0) is 90.3 Å². The van der Waals surface area contributed by atoms with Crippen molar-refractivity contribution in [2.45, 2.75) is 111 Å². The van der Waals surface area contributed by atoms with Crippen LogP contribution in [0.1, 0.15) is 121 Å². The highest BCUT2D eigenvalue weighted by Crippen LogP contribution is 2.54. The fourth-order valence-electron chi connectivity index (χ4n) is 8.68. The number of aryl methyl sites for hydroxylation is 1. The molecule has 5 nitrogen and oxygen atoms in total. The third-order valence-electron chi connectivity index (χ3n) is 11.8. The van der Waals surface area contributed by atoms with E-state index in [4.69, 9.17) is 4.74 Å². The number of unbranched alkanes of at least 4 members (excludes halogenated alkanes) is 3. The number of hydrogen-bond donors (Lipinski definition) is 1. The van der Waals surface area contributed by atoms with Gasteiger partial charge >= 0.3 is 5.97 Å². The highest BCUT2D eigenvalue weighted by atomic mass is 16.5. The quantitative estimate of drug-likeness (QED) is 0.108. The largest absolute Gasteiger partial charge is 0.481 e. The second kappa shape index (κ2) is 15.2. The van der Waals surface area contributed by atoms with Crippen molar-refractivity contribution in [1.82, 2.24) is 0 Å². The summed E-state index contributed by atoms with van der Waals surface area (Å²) in [7, 11) is 4.11. The molecular formula is C49H61N2O3+. The van der Waals surface area contributed by atoms with E-state index in [0.29, 0.717) is 6.42 Å². The summed E-state index contributed by atoms with van der Waals surface area (Å²) >= 11 is 0. The molecule has 1 atom stereocenters. The van der Waals surface area contributed by atoms with E-state index in [1.54, 1.807) is 0 Å². The minimum absolute atomic E-state index is 0.0363. The van der Waals surface area contributed by atoms with E-state index in [-0.39, 0.29) is 22.7 Å². The Labute approximate surface area is 324 Å². The lowest BCUT2D eigenvalue weighted by atomic mass is 9.73. The molecule has 1 N–H and O–H groups in total. The third kappa shape index (κ3) is 7.52. The molecule has 3 aromatic rings. The molecule has 3 aromatic carbocycles. The number of nitrogens with zero attached hydrogens (tertiary/aromatic N) is 2. The lowest BCUT2D eigenvalue weighted by Crippen LogP contribution is -2.31. The Morgan fingerprint density at radius 2 is 1.61 bits per heavy atom. The van der Waals surface area contributed by atoms with Crippen molar-refractivity contribution in [2.24, 2.45) is 5.41 Å². The van der Waals surface area contributed by atoms with Crippen LogP contribution in [0, 0.1) is 12.3 Å². The molecule has 54 heavy (non-hydrogen) atoms. The number of carboxylic acid groups (broad SMARTS) is 1. The summed E-state index contributed by atoms with van der Waals surface area (Å²) in [5, 5.41) is 9.30. The van der Waals surface area contributed by atoms with Gasteiger partial charge in [0.2, 0.25) is 5.69 Å². The average Bonchev–Trinajstić information content (AvgIpc) is 3.47. The van der Waals surface area contributed by atoms with Crippen molar-refractivity contribution in [1.29, 1.82) is 0 Å². The van der Waals surface area contributed by atoms with Gasteiger partial charge in [-0.1, -0.05) is 103 Å². The van der Waals surface area contributed by atoms with Gasteiger partial charge in [0.1, 0.15) is 18.1 Å². The standard InChI is InChI=1S/C49H60N2O3/c1-11-12-27-51-43-32-41-38(36-24-22-33(2)28-40(36)48(41,6)7)31-42(43)49(8,26-18-14-17-21-46(52)53)45(51)20-16-13-15-19-35-30-39(47(3,4)5)37-25-23-34(50(9)10)29-44(37)54-35/h13,15-16,19-20,22-25,28-32H,11-12,14,17-18,21,26-27H2,1-10H3/p+1. The molecule has 0 aromatic heterocycles. The molecule has 0 saturated carbocycles. The van der Waals surface area contributed by atoms with E-state index < -0.39 is 5.97 Å². The van der Waals surface area contributed by atoms with Crippen LogP contribution in [0.2, 0.25) is 0 Å². The molecule has 2 aliphatic heterocycles. The lowest BCUT2D eigenvalue weighted by Gasteiger charge is -2.30. The Morgan fingerprint density at radius 1 is 0.870 bits per heavy atom. The maximum Gasteiger partial charge on any atom is 0.303 e. The summed E-state index contributed by atoms with van der Waals surface area (Å²) in [6.45, 7) is 19.3. The minimum atomic E-state index is -0.714. The zero-order valence-corrected chi connectivity index (χ0v) is 34.4. The van der Waals surface area contributed by atoms with E-state index in [2.05, 4.69) is 164 Å². The van der Waals surface area contributed by atoms with Gasteiger partial charge in [0.25, 0.3) is 0 Å². The van der Waals surface area contributed by atoms with Crippen LogP contribution in [0.5, 0.6) is 5.75 Å². The number of fused-ring (bicyclic) bond motifs is 5. The molecule has 0 saturated heterocycles. The zero-order valence-electron chi connectivity index (χ0n) is 34.4. The molecule has 0 fully saturated rings. The molecule has 0 amide bonds. The van der Waals surface area contributed by atoms with Crippen molar-refractivity contribution < 1.29 is 19.2 Å². The number of carbonyl (C=O) groups is 1. The predicted molar refractivity (Wildman–Crippen MR) is 227 cm³/mol. The maximum absolute atomic E-state index is 11.3. The van der Waals surface area contributed by atoms with Gasteiger partial charge in [0.05, 0.1) is 5.41 Å².